The molecule has 0 aromatic heterocycles. The van der Waals surface area contributed by atoms with Gasteiger partial charge in [0.25, 0.3) is 0 Å². The monoisotopic (exact) mass is 233 g/mol. The van der Waals surface area contributed by atoms with Crippen LogP contribution in [0.1, 0.15) is 50.2 Å². The van der Waals surface area contributed by atoms with Gasteiger partial charge >= 0.3 is 0 Å². The highest BCUT2D eigenvalue weighted by Gasteiger charge is 2.22. The molecule has 2 nitrogen and oxygen atoms in total. The van der Waals surface area contributed by atoms with Crippen molar-refractivity contribution in [2.24, 2.45) is 11.7 Å². The average molecular weight is 233 g/mol. The molecule has 2 heteroatoms. The Morgan fingerprint density at radius 1 is 1.12 bits per heavy atom. The largest absolute Gasteiger partial charge is 0.387 e. The summed E-state index contributed by atoms with van der Waals surface area (Å²) in [6.45, 7) is 0. The van der Waals surface area contributed by atoms with E-state index in [9.17, 15) is 5.11 Å². The van der Waals surface area contributed by atoms with Crippen LogP contribution in [0.4, 0.5) is 0 Å². The van der Waals surface area contributed by atoms with Crippen molar-refractivity contribution >= 4 is 0 Å². The molecule has 1 aromatic rings. The summed E-state index contributed by atoms with van der Waals surface area (Å²) in [5.74, 6) is 0.720. The Hall–Kier alpha value is -0.860. The third-order valence-corrected chi connectivity index (χ3v) is 3.88. The highest BCUT2D eigenvalue weighted by Crippen LogP contribution is 2.29. The molecule has 1 fully saturated rings. The normalized spacial score (nSPS) is 21.1. The summed E-state index contributed by atoms with van der Waals surface area (Å²) in [5.41, 5.74) is 7.07. The van der Waals surface area contributed by atoms with Crippen LogP contribution in [0.25, 0.3) is 0 Å². The van der Waals surface area contributed by atoms with Crippen LogP contribution in [0.5, 0.6) is 0 Å². The first-order chi connectivity index (χ1) is 8.27. The first kappa shape index (κ1) is 12.6. The summed E-state index contributed by atoms with van der Waals surface area (Å²) >= 11 is 0. The van der Waals surface area contributed by atoms with Gasteiger partial charge in [-0.1, -0.05) is 62.4 Å². The van der Waals surface area contributed by atoms with Crippen LogP contribution in [0.2, 0.25) is 0 Å². The van der Waals surface area contributed by atoms with Crippen molar-refractivity contribution in [3.8, 4) is 0 Å². The van der Waals surface area contributed by atoms with Crippen molar-refractivity contribution in [1.82, 2.24) is 0 Å². The zero-order valence-corrected chi connectivity index (χ0v) is 10.4. The number of rotatable bonds is 4. The van der Waals surface area contributed by atoms with Gasteiger partial charge < -0.3 is 10.8 Å². The van der Waals surface area contributed by atoms with E-state index in [1.165, 1.54) is 32.1 Å². The van der Waals surface area contributed by atoms with Crippen LogP contribution < -0.4 is 5.73 Å². The fraction of sp³-hybridized carbons (Fsp3) is 0.600. The first-order valence-corrected chi connectivity index (χ1v) is 6.76. The van der Waals surface area contributed by atoms with Crippen molar-refractivity contribution in [2.75, 3.05) is 0 Å². The van der Waals surface area contributed by atoms with Gasteiger partial charge in [0.2, 0.25) is 0 Å². The number of hydrogen-bond donors (Lipinski definition) is 2. The van der Waals surface area contributed by atoms with Crippen molar-refractivity contribution in [3.05, 3.63) is 35.9 Å². The fourth-order valence-electron chi connectivity index (χ4n) is 2.83. The molecule has 0 radical (unpaired) electrons. The van der Waals surface area contributed by atoms with Crippen LogP contribution in [0.3, 0.4) is 0 Å². The number of aliphatic hydroxyl groups excluding tert-OH is 1. The molecule has 0 aliphatic heterocycles. The predicted molar refractivity (Wildman–Crippen MR) is 70.6 cm³/mol. The maximum Gasteiger partial charge on any atom is 0.0940 e. The van der Waals surface area contributed by atoms with Gasteiger partial charge in [0, 0.05) is 6.04 Å². The number of hydrogen-bond acceptors (Lipinski definition) is 2. The van der Waals surface area contributed by atoms with Gasteiger partial charge in [0.1, 0.15) is 0 Å². The molecule has 0 spiro atoms. The van der Waals surface area contributed by atoms with Crippen LogP contribution in [0.15, 0.2) is 30.3 Å². The summed E-state index contributed by atoms with van der Waals surface area (Å²) in [6, 6.07) is 9.64. The molecule has 94 valence electrons. The van der Waals surface area contributed by atoms with E-state index in [1.54, 1.807) is 0 Å². The average Bonchev–Trinajstić information content (AvgIpc) is 2.40. The summed E-state index contributed by atoms with van der Waals surface area (Å²) in [7, 11) is 0. The van der Waals surface area contributed by atoms with E-state index in [4.69, 9.17) is 5.73 Å². The molecule has 0 bridgehead atoms. The molecule has 2 unspecified atom stereocenters. The Morgan fingerprint density at radius 3 is 2.41 bits per heavy atom. The zero-order chi connectivity index (χ0) is 12.1. The second-order valence-electron chi connectivity index (χ2n) is 5.26. The van der Waals surface area contributed by atoms with E-state index in [1.807, 2.05) is 30.3 Å². The minimum atomic E-state index is -0.516. The molecule has 17 heavy (non-hydrogen) atoms. The highest BCUT2D eigenvalue weighted by molar-refractivity contribution is 5.18. The van der Waals surface area contributed by atoms with Crippen LogP contribution in [0, 0.1) is 5.92 Å². The quantitative estimate of drug-likeness (QED) is 0.839. The maximum atomic E-state index is 10.2. The lowest BCUT2D eigenvalue weighted by Crippen LogP contribution is -2.31. The Balaban J connectivity index is 1.88. The molecule has 1 saturated carbocycles. The van der Waals surface area contributed by atoms with E-state index < -0.39 is 6.10 Å². The lowest BCUT2D eigenvalue weighted by molar-refractivity contribution is 0.128. The van der Waals surface area contributed by atoms with Crippen LogP contribution in [-0.2, 0) is 0 Å². The summed E-state index contributed by atoms with van der Waals surface area (Å²) < 4.78 is 0. The second kappa shape index (κ2) is 6.18. The van der Waals surface area contributed by atoms with E-state index >= 15 is 0 Å². The SMILES string of the molecule is NC(CC1CCCCC1)C(O)c1ccccc1. The third kappa shape index (κ3) is 3.55. The molecule has 0 amide bonds. The molecule has 3 N–H and O–H groups in total. The Labute approximate surface area is 104 Å². The Bertz CT molecular complexity index is 319. The minimum absolute atomic E-state index is 0.125. The predicted octanol–water partition coefficient (Wildman–Crippen LogP) is 3.02. The molecule has 2 atom stereocenters. The topological polar surface area (TPSA) is 46.2 Å². The molecule has 1 aromatic carbocycles. The number of nitrogens with two attached hydrogens (primary N) is 1. The van der Waals surface area contributed by atoms with Crippen molar-refractivity contribution < 1.29 is 5.11 Å². The summed E-state index contributed by atoms with van der Waals surface area (Å²) in [5, 5.41) is 10.2. The minimum Gasteiger partial charge on any atom is -0.387 e. The molecular formula is C15H23NO. The first-order valence-electron chi connectivity index (χ1n) is 6.76. The van der Waals surface area contributed by atoms with Crippen molar-refractivity contribution in [3.63, 3.8) is 0 Å². The van der Waals surface area contributed by atoms with Gasteiger partial charge in [0.15, 0.2) is 0 Å². The van der Waals surface area contributed by atoms with Crippen LogP contribution in [-0.4, -0.2) is 11.1 Å². The maximum absolute atomic E-state index is 10.2. The lowest BCUT2D eigenvalue weighted by atomic mass is 9.83. The zero-order valence-electron chi connectivity index (χ0n) is 10.4. The molecule has 0 saturated heterocycles. The molecular weight excluding hydrogens is 210 g/mol. The lowest BCUT2D eigenvalue weighted by Gasteiger charge is -2.27. The van der Waals surface area contributed by atoms with Gasteiger partial charge in [0.05, 0.1) is 6.10 Å². The molecule has 0 heterocycles. The van der Waals surface area contributed by atoms with E-state index in [-0.39, 0.29) is 6.04 Å². The summed E-state index contributed by atoms with van der Waals surface area (Å²) in [4.78, 5) is 0. The third-order valence-electron chi connectivity index (χ3n) is 3.88. The second-order valence-corrected chi connectivity index (χ2v) is 5.26. The van der Waals surface area contributed by atoms with Gasteiger partial charge in [-0.25, -0.2) is 0 Å². The number of aliphatic hydroxyl groups is 1. The van der Waals surface area contributed by atoms with Gasteiger partial charge in [-0.15, -0.1) is 0 Å². The van der Waals surface area contributed by atoms with Crippen molar-refractivity contribution in [2.45, 2.75) is 50.7 Å². The van der Waals surface area contributed by atoms with Gasteiger partial charge in [-0.3, -0.25) is 0 Å². The smallest absolute Gasteiger partial charge is 0.0940 e. The Morgan fingerprint density at radius 2 is 1.76 bits per heavy atom. The van der Waals surface area contributed by atoms with Gasteiger partial charge in [-0.05, 0) is 17.9 Å². The van der Waals surface area contributed by atoms with Crippen molar-refractivity contribution in [1.29, 1.82) is 0 Å². The van der Waals surface area contributed by atoms with E-state index in [0.717, 1.165) is 17.9 Å². The molecule has 1 aliphatic rings. The molecule has 1 aliphatic carbocycles. The summed E-state index contributed by atoms with van der Waals surface area (Å²) in [6.07, 6.45) is 7.04. The highest BCUT2D eigenvalue weighted by atomic mass is 16.3. The standard InChI is InChI=1S/C15H23NO/c16-14(11-12-7-3-1-4-8-12)15(17)13-9-5-2-6-10-13/h2,5-6,9-10,12,14-15,17H,1,3-4,7-8,11,16H2. The van der Waals surface area contributed by atoms with E-state index in [2.05, 4.69) is 0 Å². The fourth-order valence-corrected chi connectivity index (χ4v) is 2.83. The number of benzene rings is 1. The Kier molecular flexibility index (Phi) is 4.57. The van der Waals surface area contributed by atoms with Gasteiger partial charge in [-0.2, -0.15) is 0 Å². The van der Waals surface area contributed by atoms with Crippen LogP contribution >= 0.6 is 0 Å². The van der Waals surface area contributed by atoms with E-state index in [0.29, 0.717) is 0 Å². The molecule has 2 rings (SSSR count).